The molecule has 2 aliphatic heterocycles. The van der Waals surface area contributed by atoms with E-state index in [0.29, 0.717) is 18.0 Å². The molecule has 0 radical (unpaired) electrons. The van der Waals surface area contributed by atoms with Crippen LogP contribution in [0.1, 0.15) is 44.4 Å². The van der Waals surface area contributed by atoms with Crippen molar-refractivity contribution >= 4 is 40.9 Å². The molecule has 2 aromatic carbocycles. The van der Waals surface area contributed by atoms with Gasteiger partial charge < -0.3 is 9.64 Å². The highest BCUT2D eigenvalue weighted by Crippen LogP contribution is 2.39. The van der Waals surface area contributed by atoms with Gasteiger partial charge in [0, 0.05) is 18.3 Å². The van der Waals surface area contributed by atoms with Gasteiger partial charge in [0.05, 0.1) is 17.8 Å². The number of benzene rings is 2. The second-order valence-electron chi connectivity index (χ2n) is 9.15. The summed E-state index contributed by atoms with van der Waals surface area (Å²) in [6, 6.07) is 9.88. The smallest absolute Gasteiger partial charge is 0.335 e. The summed E-state index contributed by atoms with van der Waals surface area (Å²) in [6.45, 7) is 10.7. The lowest BCUT2D eigenvalue weighted by molar-refractivity contribution is -0.122. The zero-order valence-corrected chi connectivity index (χ0v) is 20.4. The number of barbiturate groups is 1. The van der Waals surface area contributed by atoms with Gasteiger partial charge in [0.2, 0.25) is 0 Å². The first kappa shape index (κ1) is 23.3. The number of urea groups is 1. The lowest BCUT2D eigenvalue weighted by Crippen LogP contribution is -2.54. The Labute approximate surface area is 199 Å². The quantitative estimate of drug-likeness (QED) is 0.530. The summed E-state index contributed by atoms with van der Waals surface area (Å²) in [5, 5.41) is 2.28. The van der Waals surface area contributed by atoms with Crippen LogP contribution < -0.4 is 19.9 Å². The largest absolute Gasteiger partial charge is 0.494 e. The van der Waals surface area contributed by atoms with Crippen LogP contribution in [0.25, 0.3) is 11.6 Å². The highest BCUT2D eigenvalue weighted by atomic mass is 16.5. The van der Waals surface area contributed by atoms with Gasteiger partial charge >= 0.3 is 6.03 Å². The number of carbonyl (C=O) groups excluding carboxylic acids is 3. The molecule has 4 amide bonds. The highest BCUT2D eigenvalue weighted by Gasteiger charge is 2.37. The number of rotatable bonds is 4. The number of ether oxygens (including phenoxy) is 1. The molecule has 7 nitrogen and oxygen atoms in total. The third kappa shape index (κ3) is 3.98. The minimum Gasteiger partial charge on any atom is -0.494 e. The summed E-state index contributed by atoms with van der Waals surface area (Å²) in [6.07, 6.45) is 3.76. The fourth-order valence-electron chi connectivity index (χ4n) is 4.38. The van der Waals surface area contributed by atoms with Crippen LogP contribution in [0.4, 0.5) is 16.2 Å². The number of imide groups is 2. The van der Waals surface area contributed by atoms with E-state index in [9.17, 15) is 14.4 Å². The second-order valence-corrected chi connectivity index (χ2v) is 9.15. The molecule has 34 heavy (non-hydrogen) atoms. The molecule has 0 aromatic heterocycles. The summed E-state index contributed by atoms with van der Waals surface area (Å²) in [5.41, 5.74) is 5.08. The number of carbonyl (C=O) groups is 3. The molecule has 2 aromatic rings. The molecule has 0 saturated carbocycles. The Hall–Kier alpha value is -3.87. The molecular formula is C27H29N3O4. The average Bonchev–Trinajstić information content (AvgIpc) is 2.76. The van der Waals surface area contributed by atoms with E-state index in [-0.39, 0.29) is 11.1 Å². The van der Waals surface area contributed by atoms with Crippen LogP contribution in [0.2, 0.25) is 0 Å². The first-order chi connectivity index (χ1) is 16.0. The van der Waals surface area contributed by atoms with Gasteiger partial charge in [0.1, 0.15) is 11.3 Å². The highest BCUT2D eigenvalue weighted by molar-refractivity contribution is 6.39. The van der Waals surface area contributed by atoms with Gasteiger partial charge in [-0.2, -0.15) is 0 Å². The van der Waals surface area contributed by atoms with Crippen LogP contribution in [-0.2, 0) is 9.59 Å². The molecule has 4 rings (SSSR count). The normalized spacial score (nSPS) is 18.6. The standard InChI is InChI=1S/C27H29N3O4/c1-7-34-20-10-8-19(9-11-20)30-25(32)22(24(31)28-26(30)33)14-18-13-21-17(3)15-27(4,5)29(6)23(21)12-16(18)2/h8-15H,7H2,1-6H3,(H,28,31,33)/b22-14+. The lowest BCUT2D eigenvalue weighted by atomic mass is 9.87. The van der Waals surface area contributed by atoms with E-state index < -0.39 is 17.8 Å². The van der Waals surface area contributed by atoms with Gasteiger partial charge in [-0.25, -0.2) is 9.69 Å². The fraction of sp³-hybridized carbons (Fsp3) is 0.296. The fourth-order valence-corrected chi connectivity index (χ4v) is 4.38. The minimum absolute atomic E-state index is 0.0948. The second kappa shape index (κ2) is 8.48. The number of hydrogen-bond donors (Lipinski definition) is 1. The van der Waals surface area contributed by atoms with Crippen molar-refractivity contribution in [3.63, 3.8) is 0 Å². The number of nitrogens with one attached hydrogen (secondary N) is 1. The Morgan fingerprint density at radius 1 is 1.06 bits per heavy atom. The molecular weight excluding hydrogens is 430 g/mol. The van der Waals surface area contributed by atoms with E-state index in [0.717, 1.165) is 32.9 Å². The van der Waals surface area contributed by atoms with Crippen molar-refractivity contribution in [1.29, 1.82) is 0 Å². The molecule has 1 N–H and O–H groups in total. The summed E-state index contributed by atoms with van der Waals surface area (Å²) in [7, 11) is 2.05. The van der Waals surface area contributed by atoms with Gasteiger partial charge in [0.25, 0.3) is 11.8 Å². The van der Waals surface area contributed by atoms with Crippen molar-refractivity contribution in [2.75, 3.05) is 23.5 Å². The first-order valence-corrected chi connectivity index (χ1v) is 11.3. The zero-order chi connectivity index (χ0) is 24.8. The number of likely N-dealkylation sites (N-methyl/N-ethyl adjacent to an activating group) is 1. The molecule has 0 spiro atoms. The van der Waals surface area contributed by atoms with Gasteiger partial charge in [-0.05, 0) is 93.8 Å². The van der Waals surface area contributed by atoms with Gasteiger partial charge in [0.15, 0.2) is 0 Å². The summed E-state index contributed by atoms with van der Waals surface area (Å²) >= 11 is 0. The van der Waals surface area contributed by atoms with Crippen molar-refractivity contribution < 1.29 is 19.1 Å². The van der Waals surface area contributed by atoms with Gasteiger partial charge in [-0.1, -0.05) is 6.08 Å². The molecule has 2 aliphatic rings. The third-order valence-electron chi connectivity index (χ3n) is 6.41. The molecule has 7 heteroatoms. The van der Waals surface area contributed by atoms with E-state index >= 15 is 0 Å². The number of aryl methyl sites for hydroxylation is 1. The molecule has 0 bridgehead atoms. The zero-order valence-electron chi connectivity index (χ0n) is 20.4. The Bertz CT molecular complexity index is 1260. The number of allylic oxidation sites excluding steroid dienone is 1. The van der Waals surface area contributed by atoms with Crippen LogP contribution in [0.3, 0.4) is 0 Å². The Morgan fingerprint density at radius 2 is 1.74 bits per heavy atom. The van der Waals surface area contributed by atoms with Gasteiger partial charge in [-0.15, -0.1) is 0 Å². The van der Waals surface area contributed by atoms with Crippen LogP contribution >= 0.6 is 0 Å². The van der Waals surface area contributed by atoms with Crippen molar-refractivity contribution in [2.24, 2.45) is 0 Å². The predicted octanol–water partition coefficient (Wildman–Crippen LogP) is 4.69. The van der Waals surface area contributed by atoms with E-state index in [1.54, 1.807) is 30.3 Å². The number of amides is 4. The third-order valence-corrected chi connectivity index (χ3v) is 6.41. The van der Waals surface area contributed by atoms with Crippen LogP contribution in [0, 0.1) is 6.92 Å². The Kier molecular flexibility index (Phi) is 5.81. The summed E-state index contributed by atoms with van der Waals surface area (Å²) < 4.78 is 5.43. The molecule has 176 valence electrons. The van der Waals surface area contributed by atoms with E-state index in [2.05, 4.69) is 50.2 Å². The maximum absolute atomic E-state index is 13.3. The number of anilines is 2. The van der Waals surface area contributed by atoms with E-state index in [4.69, 9.17) is 4.74 Å². The maximum Gasteiger partial charge on any atom is 0.335 e. The van der Waals surface area contributed by atoms with Crippen LogP contribution in [0.5, 0.6) is 5.75 Å². The van der Waals surface area contributed by atoms with Crippen molar-refractivity contribution in [3.8, 4) is 5.75 Å². The van der Waals surface area contributed by atoms with Crippen LogP contribution in [-0.4, -0.2) is 37.0 Å². The predicted molar refractivity (Wildman–Crippen MR) is 134 cm³/mol. The molecule has 0 atom stereocenters. The van der Waals surface area contributed by atoms with Crippen molar-refractivity contribution in [3.05, 3.63) is 64.7 Å². The van der Waals surface area contributed by atoms with E-state index in [1.165, 1.54) is 0 Å². The van der Waals surface area contributed by atoms with Gasteiger partial charge in [-0.3, -0.25) is 14.9 Å². The molecule has 1 saturated heterocycles. The summed E-state index contributed by atoms with van der Waals surface area (Å²) in [5.74, 6) is -0.746. The maximum atomic E-state index is 13.3. The number of nitrogens with zero attached hydrogens (tertiary/aromatic N) is 2. The van der Waals surface area contributed by atoms with E-state index in [1.807, 2.05) is 19.9 Å². The molecule has 1 fully saturated rings. The average molecular weight is 460 g/mol. The monoisotopic (exact) mass is 459 g/mol. The number of hydrogen-bond acceptors (Lipinski definition) is 5. The SMILES string of the molecule is CCOc1ccc(N2C(=O)NC(=O)/C(=C\c3cc4c(cc3C)N(C)C(C)(C)C=C4C)C2=O)cc1. The Balaban J connectivity index is 1.74. The topological polar surface area (TPSA) is 79.0 Å². The molecule has 2 heterocycles. The Morgan fingerprint density at radius 3 is 2.38 bits per heavy atom. The first-order valence-electron chi connectivity index (χ1n) is 11.3. The lowest BCUT2D eigenvalue weighted by Gasteiger charge is -2.41. The molecule has 0 unspecified atom stereocenters. The summed E-state index contributed by atoms with van der Waals surface area (Å²) in [4.78, 5) is 41.6. The molecule has 0 aliphatic carbocycles. The number of fused-ring (bicyclic) bond motifs is 1. The minimum atomic E-state index is -0.777. The van der Waals surface area contributed by atoms with Crippen molar-refractivity contribution in [1.82, 2.24) is 5.32 Å². The van der Waals surface area contributed by atoms with Crippen molar-refractivity contribution in [2.45, 2.75) is 40.2 Å². The van der Waals surface area contributed by atoms with Crippen LogP contribution in [0.15, 0.2) is 48.0 Å².